The van der Waals surface area contributed by atoms with Crippen molar-refractivity contribution >= 4 is 24.8 Å². The Morgan fingerprint density at radius 1 is 1.07 bits per heavy atom. The van der Waals surface area contributed by atoms with Gasteiger partial charge in [-0.2, -0.15) is 0 Å². The van der Waals surface area contributed by atoms with E-state index in [1.165, 1.54) is 14.8 Å². The van der Waals surface area contributed by atoms with E-state index in [1.54, 1.807) is 0 Å². The number of rotatable bonds is 2. The minimum absolute atomic E-state index is 1.40. The van der Waals surface area contributed by atoms with Gasteiger partial charge >= 0.3 is 81.5 Å². The molecule has 0 atom stereocenters. The summed E-state index contributed by atoms with van der Waals surface area (Å²) < 4.78 is 63.6. The first-order valence-electron chi connectivity index (χ1n) is 3.56. The summed E-state index contributed by atoms with van der Waals surface area (Å²) in [6.45, 7) is 0. The van der Waals surface area contributed by atoms with Crippen molar-refractivity contribution in [1.29, 1.82) is 0 Å². The number of alkyl halides is 5. The average molecular weight is 327 g/mol. The van der Waals surface area contributed by atoms with Gasteiger partial charge in [-0.1, -0.05) is 0 Å². The van der Waals surface area contributed by atoms with Crippen molar-refractivity contribution in [2.24, 2.45) is 0 Å². The van der Waals surface area contributed by atoms with Crippen LogP contribution >= 0.6 is 0 Å². The van der Waals surface area contributed by atoms with Crippen LogP contribution in [0.2, 0.25) is 14.8 Å². The quantitative estimate of drug-likeness (QED) is 0.576. The van der Waals surface area contributed by atoms with Crippen LogP contribution in [-0.4, -0.2) is 36.9 Å². The van der Waals surface area contributed by atoms with E-state index < -0.39 is 36.9 Å². The molecule has 0 amide bonds. The van der Waals surface area contributed by atoms with Crippen molar-refractivity contribution in [2.45, 2.75) is 26.9 Å². The summed E-state index contributed by atoms with van der Waals surface area (Å²) in [5, 5.41) is 0. The Labute approximate surface area is 81.8 Å². The van der Waals surface area contributed by atoms with Gasteiger partial charge in [0.1, 0.15) is 0 Å². The predicted octanol–water partition coefficient (Wildman–Crippen LogP) is 2.56. The van der Waals surface area contributed by atoms with E-state index >= 15 is 0 Å². The van der Waals surface area contributed by atoms with Crippen LogP contribution in [-0.2, 0) is 7.87 Å². The molecule has 0 aromatic carbocycles. The predicted molar refractivity (Wildman–Crippen MR) is 40.4 cm³/mol. The van der Waals surface area contributed by atoms with Crippen LogP contribution in [0.3, 0.4) is 0 Å². The van der Waals surface area contributed by atoms with E-state index in [-0.39, 0.29) is 0 Å². The normalized spacial score (nSPS) is 14.0. The van der Waals surface area contributed by atoms with Gasteiger partial charge in [-0.25, -0.2) is 0 Å². The molecular formula is C6H9F5O2Sn. The molecule has 0 aliphatic carbocycles. The van der Waals surface area contributed by atoms with Crippen molar-refractivity contribution in [1.82, 2.24) is 0 Å². The van der Waals surface area contributed by atoms with Crippen LogP contribution in [0.25, 0.3) is 0 Å². The summed E-state index contributed by atoms with van der Waals surface area (Å²) in [6.07, 6.45) is -5.89. The molecule has 0 heterocycles. The number of carbonyl (C=O) groups is 1. The molecule has 0 aliphatic heterocycles. The van der Waals surface area contributed by atoms with Gasteiger partial charge in [0, 0.05) is 0 Å². The molecule has 0 saturated heterocycles. The van der Waals surface area contributed by atoms with E-state index in [0.29, 0.717) is 0 Å². The second kappa shape index (κ2) is 3.82. The van der Waals surface area contributed by atoms with Gasteiger partial charge in [-0.15, -0.1) is 0 Å². The first kappa shape index (κ1) is 13.9. The van der Waals surface area contributed by atoms with Crippen molar-refractivity contribution in [3.05, 3.63) is 0 Å². The third kappa shape index (κ3) is 3.58. The first-order chi connectivity index (χ1) is 5.88. The van der Waals surface area contributed by atoms with Crippen LogP contribution in [0.5, 0.6) is 0 Å². The van der Waals surface area contributed by atoms with E-state index in [4.69, 9.17) is 0 Å². The summed E-state index contributed by atoms with van der Waals surface area (Å²) in [5.41, 5.74) is 0. The summed E-state index contributed by atoms with van der Waals surface area (Å²) in [7, 11) is 0. The van der Waals surface area contributed by atoms with E-state index in [1.807, 2.05) is 0 Å². The molecule has 14 heavy (non-hydrogen) atoms. The topological polar surface area (TPSA) is 26.3 Å². The number of hydrogen-bond acceptors (Lipinski definition) is 2. The molecule has 0 N–H and O–H groups in total. The molecule has 2 nitrogen and oxygen atoms in total. The van der Waals surface area contributed by atoms with Gasteiger partial charge in [0.15, 0.2) is 0 Å². The Kier molecular flexibility index (Phi) is 3.80. The third-order valence-electron chi connectivity index (χ3n) is 1.01. The second-order valence-electron chi connectivity index (χ2n) is 3.57. The summed E-state index contributed by atoms with van der Waals surface area (Å²) in [6, 6.07) is 0. The molecule has 8 heteroatoms. The second-order valence-corrected chi connectivity index (χ2v) is 16.2. The molecule has 0 radical (unpaired) electrons. The third-order valence-corrected chi connectivity index (χ3v) is 3.29. The Hall–Kier alpha value is -0.0813. The molecule has 0 aliphatic rings. The SMILES string of the molecule is [CH3][Sn]([CH3])([CH3])[O]C(=O)C(F)(F)C(F)(F)F. The first-order valence-corrected chi connectivity index (χ1v) is 13.3. The Morgan fingerprint density at radius 2 is 1.43 bits per heavy atom. The molecule has 0 aromatic heterocycles. The van der Waals surface area contributed by atoms with E-state index in [9.17, 15) is 26.7 Å². The van der Waals surface area contributed by atoms with Crippen molar-refractivity contribution in [3.63, 3.8) is 0 Å². The molecular weight excluding hydrogens is 318 g/mol. The van der Waals surface area contributed by atoms with E-state index in [2.05, 4.69) is 3.07 Å². The van der Waals surface area contributed by atoms with Crippen LogP contribution < -0.4 is 0 Å². The average Bonchev–Trinajstić information content (AvgIpc) is 1.80. The maximum atomic E-state index is 12.3. The summed E-state index contributed by atoms with van der Waals surface area (Å²) in [5.74, 6) is -7.90. The van der Waals surface area contributed by atoms with Gasteiger partial charge < -0.3 is 0 Å². The summed E-state index contributed by atoms with van der Waals surface area (Å²) in [4.78, 5) is 14.7. The Balaban J connectivity index is 4.70. The molecule has 0 spiro atoms. The molecule has 0 rings (SSSR count). The van der Waals surface area contributed by atoms with Crippen molar-refractivity contribution in [2.75, 3.05) is 0 Å². The fourth-order valence-electron chi connectivity index (χ4n) is 0.458. The fourth-order valence-corrected chi connectivity index (χ4v) is 2.41. The summed E-state index contributed by atoms with van der Waals surface area (Å²) >= 11 is -3.43. The molecule has 0 aromatic rings. The zero-order valence-electron chi connectivity index (χ0n) is 7.71. The standard InChI is InChI=1S/C3HF5O2.3CH3.Sn/c4-2(5,1(9)10)3(6,7)8;;;;/h(H,9,10);3*1H3;/q;;;;+1/p-1. The van der Waals surface area contributed by atoms with Crippen LogP contribution in [0.15, 0.2) is 0 Å². The minimum atomic E-state index is -5.89. The van der Waals surface area contributed by atoms with Crippen LogP contribution in [0.4, 0.5) is 22.0 Å². The van der Waals surface area contributed by atoms with Gasteiger partial charge in [0.25, 0.3) is 0 Å². The molecule has 0 fully saturated rings. The van der Waals surface area contributed by atoms with Gasteiger partial charge in [0.2, 0.25) is 0 Å². The molecule has 0 unspecified atom stereocenters. The zero-order chi connectivity index (χ0) is 11.8. The molecule has 0 bridgehead atoms. The molecule has 84 valence electrons. The fraction of sp³-hybridized carbons (Fsp3) is 0.833. The van der Waals surface area contributed by atoms with Crippen molar-refractivity contribution in [3.8, 4) is 0 Å². The van der Waals surface area contributed by atoms with Gasteiger partial charge in [0.05, 0.1) is 0 Å². The zero-order valence-corrected chi connectivity index (χ0v) is 10.6. The van der Waals surface area contributed by atoms with Gasteiger partial charge in [-0.05, 0) is 0 Å². The Bertz CT molecular complexity index is 229. The Morgan fingerprint density at radius 3 is 1.64 bits per heavy atom. The number of halogens is 5. The monoisotopic (exact) mass is 328 g/mol. The number of hydrogen-bond donors (Lipinski definition) is 0. The van der Waals surface area contributed by atoms with Crippen LogP contribution in [0, 0.1) is 0 Å². The van der Waals surface area contributed by atoms with Crippen molar-refractivity contribution < 1.29 is 29.8 Å². The number of carbonyl (C=O) groups excluding carboxylic acids is 1. The van der Waals surface area contributed by atoms with Gasteiger partial charge in [-0.3, -0.25) is 0 Å². The molecule has 0 saturated carbocycles. The maximum absolute atomic E-state index is 12.3. The van der Waals surface area contributed by atoms with Crippen LogP contribution in [0.1, 0.15) is 0 Å². The van der Waals surface area contributed by atoms with E-state index in [0.717, 1.165) is 0 Å².